The highest BCUT2D eigenvalue weighted by molar-refractivity contribution is 7.99. The molecule has 0 radical (unpaired) electrons. The lowest BCUT2D eigenvalue weighted by atomic mass is 10.0. The van der Waals surface area contributed by atoms with Crippen LogP contribution in [0.3, 0.4) is 0 Å². The first-order valence-electron chi connectivity index (χ1n) is 5.48. The maximum absolute atomic E-state index is 5.55. The summed E-state index contributed by atoms with van der Waals surface area (Å²) in [6.45, 7) is 6.43. The molecule has 0 saturated heterocycles. The Bertz CT molecular complexity index is 290. The predicted octanol–water partition coefficient (Wildman–Crippen LogP) is 1.90. The Morgan fingerprint density at radius 1 is 1.40 bits per heavy atom. The molecule has 4 nitrogen and oxygen atoms in total. The van der Waals surface area contributed by atoms with E-state index in [0.717, 1.165) is 18.6 Å². The van der Waals surface area contributed by atoms with Crippen molar-refractivity contribution in [3.05, 3.63) is 5.89 Å². The van der Waals surface area contributed by atoms with Gasteiger partial charge in [-0.1, -0.05) is 32.5 Å². The van der Waals surface area contributed by atoms with Gasteiger partial charge < -0.3 is 10.2 Å². The number of aromatic nitrogens is 2. The summed E-state index contributed by atoms with van der Waals surface area (Å²) in [6.07, 6.45) is 2.19. The van der Waals surface area contributed by atoms with Crippen molar-refractivity contribution in [2.45, 2.75) is 44.9 Å². The summed E-state index contributed by atoms with van der Waals surface area (Å²) in [5.74, 6) is 2.17. The number of quaternary nitrogens is 1. The van der Waals surface area contributed by atoms with Crippen LogP contribution in [0.2, 0.25) is 0 Å². The lowest BCUT2D eigenvalue weighted by Crippen LogP contribution is -2.56. The van der Waals surface area contributed by atoms with Crippen molar-refractivity contribution in [3.63, 3.8) is 0 Å². The van der Waals surface area contributed by atoms with Crippen LogP contribution in [0.5, 0.6) is 0 Å². The van der Waals surface area contributed by atoms with Gasteiger partial charge in [-0.2, -0.15) is 0 Å². The van der Waals surface area contributed by atoms with Gasteiger partial charge in [0.1, 0.15) is 0 Å². The number of thioether (sulfide) groups is 1. The van der Waals surface area contributed by atoms with Crippen molar-refractivity contribution in [3.8, 4) is 0 Å². The molecule has 0 aliphatic carbocycles. The quantitative estimate of drug-likeness (QED) is 0.758. The number of nitrogens with zero attached hydrogens (tertiary/aromatic N) is 2. The number of hydrogen-bond acceptors (Lipinski definition) is 4. The minimum Gasteiger partial charge on any atom is -0.410 e. The monoisotopic (exact) mass is 230 g/mol. The third-order valence-corrected chi connectivity index (χ3v) is 3.52. The second-order valence-corrected chi connectivity index (χ2v) is 4.79. The first kappa shape index (κ1) is 12.5. The van der Waals surface area contributed by atoms with E-state index in [2.05, 4.69) is 36.7 Å². The first-order valence-corrected chi connectivity index (χ1v) is 6.46. The number of hydrogen-bond donors (Lipinski definition) is 1. The maximum Gasteiger partial charge on any atom is 0.276 e. The lowest BCUT2D eigenvalue weighted by Gasteiger charge is -2.09. The Balaban J connectivity index is 2.58. The van der Waals surface area contributed by atoms with Crippen molar-refractivity contribution in [2.75, 3.05) is 5.75 Å². The highest BCUT2D eigenvalue weighted by Crippen LogP contribution is 2.23. The van der Waals surface area contributed by atoms with Crippen LogP contribution >= 0.6 is 11.8 Å². The van der Waals surface area contributed by atoms with E-state index in [1.165, 1.54) is 0 Å². The van der Waals surface area contributed by atoms with Crippen LogP contribution in [0, 0.1) is 5.92 Å². The van der Waals surface area contributed by atoms with Gasteiger partial charge in [0.15, 0.2) is 6.04 Å². The van der Waals surface area contributed by atoms with Gasteiger partial charge in [-0.3, -0.25) is 0 Å². The van der Waals surface area contributed by atoms with Crippen LogP contribution in [0.25, 0.3) is 0 Å². The van der Waals surface area contributed by atoms with Crippen LogP contribution in [-0.4, -0.2) is 16.0 Å². The molecular formula is C10H20N3OS+. The zero-order valence-corrected chi connectivity index (χ0v) is 10.5. The molecule has 2 atom stereocenters. The largest absolute Gasteiger partial charge is 0.410 e. The van der Waals surface area contributed by atoms with Crippen LogP contribution in [0.4, 0.5) is 0 Å². The zero-order chi connectivity index (χ0) is 11.3. The van der Waals surface area contributed by atoms with Crippen molar-refractivity contribution < 1.29 is 10.2 Å². The molecule has 86 valence electrons. The molecule has 1 heterocycles. The Kier molecular flexibility index (Phi) is 5.11. The lowest BCUT2D eigenvalue weighted by molar-refractivity contribution is -0.444. The van der Waals surface area contributed by atoms with Crippen molar-refractivity contribution in [1.29, 1.82) is 0 Å². The average Bonchev–Trinajstić information content (AvgIpc) is 2.72. The molecule has 5 heteroatoms. The Morgan fingerprint density at radius 3 is 2.73 bits per heavy atom. The van der Waals surface area contributed by atoms with E-state index in [-0.39, 0.29) is 6.04 Å². The molecule has 0 aliphatic heterocycles. The first-order chi connectivity index (χ1) is 7.19. The number of rotatable bonds is 6. The van der Waals surface area contributed by atoms with E-state index in [0.29, 0.717) is 17.0 Å². The third-order valence-electron chi connectivity index (χ3n) is 2.50. The minimum absolute atomic E-state index is 0.110. The molecule has 0 fully saturated rings. The molecule has 0 spiro atoms. The normalized spacial score (nSPS) is 15.2. The topological polar surface area (TPSA) is 66.6 Å². The van der Waals surface area contributed by atoms with Crippen molar-refractivity contribution >= 4 is 11.8 Å². The third kappa shape index (κ3) is 3.50. The van der Waals surface area contributed by atoms with E-state index in [9.17, 15) is 0 Å². The molecule has 0 bridgehead atoms. The van der Waals surface area contributed by atoms with Gasteiger partial charge in [-0.05, 0) is 12.8 Å². The highest BCUT2D eigenvalue weighted by atomic mass is 32.2. The minimum atomic E-state index is 0.110. The molecule has 3 N–H and O–H groups in total. The molecule has 0 saturated carbocycles. The van der Waals surface area contributed by atoms with Gasteiger partial charge in [0.05, 0.1) is 0 Å². The smallest absolute Gasteiger partial charge is 0.276 e. The average molecular weight is 230 g/mol. The molecule has 0 unspecified atom stereocenters. The Morgan fingerprint density at radius 2 is 2.13 bits per heavy atom. The van der Waals surface area contributed by atoms with Crippen molar-refractivity contribution in [1.82, 2.24) is 10.2 Å². The van der Waals surface area contributed by atoms with E-state index in [1.807, 2.05) is 0 Å². The second kappa shape index (κ2) is 6.12. The Labute approximate surface area is 95.0 Å². The standard InChI is InChI=1S/C10H19N3OS/c1-4-6-15-10-13-12-9(14-10)8(11)7(3)5-2/h7-8H,4-6,11H2,1-3H3/p+1/t7-,8+/m1/s1. The summed E-state index contributed by atoms with van der Waals surface area (Å²) in [5, 5.41) is 8.71. The molecule has 0 aliphatic rings. The molecule has 1 aromatic heterocycles. The summed E-state index contributed by atoms with van der Waals surface area (Å²) >= 11 is 1.61. The fraction of sp³-hybridized carbons (Fsp3) is 0.800. The SMILES string of the molecule is CCCSc1nnc([C@@H]([NH3+])[C@H](C)CC)o1. The van der Waals surface area contributed by atoms with E-state index < -0.39 is 0 Å². The van der Waals surface area contributed by atoms with E-state index in [4.69, 9.17) is 4.42 Å². The summed E-state index contributed by atoms with van der Waals surface area (Å²) in [5.41, 5.74) is 4.07. The van der Waals surface area contributed by atoms with Gasteiger partial charge in [0.2, 0.25) is 0 Å². The predicted molar refractivity (Wildman–Crippen MR) is 60.4 cm³/mol. The van der Waals surface area contributed by atoms with Crippen molar-refractivity contribution in [2.24, 2.45) is 5.92 Å². The fourth-order valence-electron chi connectivity index (χ4n) is 1.15. The summed E-state index contributed by atoms with van der Waals surface area (Å²) < 4.78 is 5.55. The van der Waals surface area contributed by atoms with Crippen LogP contribution in [0.1, 0.15) is 45.5 Å². The van der Waals surface area contributed by atoms with Gasteiger partial charge in [0, 0.05) is 11.7 Å². The van der Waals surface area contributed by atoms with E-state index >= 15 is 0 Å². The van der Waals surface area contributed by atoms with Gasteiger partial charge in [-0.25, -0.2) is 0 Å². The summed E-state index contributed by atoms with van der Waals surface area (Å²) in [6, 6.07) is 0.110. The zero-order valence-electron chi connectivity index (χ0n) is 9.69. The van der Waals surface area contributed by atoms with E-state index in [1.54, 1.807) is 11.8 Å². The van der Waals surface area contributed by atoms with Crippen LogP contribution in [0.15, 0.2) is 9.64 Å². The Hall–Kier alpha value is -0.550. The molecule has 0 aromatic carbocycles. The fourth-order valence-corrected chi connectivity index (χ4v) is 1.77. The van der Waals surface area contributed by atoms with Gasteiger partial charge >= 0.3 is 0 Å². The van der Waals surface area contributed by atoms with Crippen LogP contribution < -0.4 is 5.73 Å². The molecule has 15 heavy (non-hydrogen) atoms. The van der Waals surface area contributed by atoms with Gasteiger partial charge in [0.25, 0.3) is 11.1 Å². The highest BCUT2D eigenvalue weighted by Gasteiger charge is 2.23. The molecular weight excluding hydrogens is 210 g/mol. The van der Waals surface area contributed by atoms with Crippen LogP contribution in [-0.2, 0) is 0 Å². The summed E-state index contributed by atoms with van der Waals surface area (Å²) in [7, 11) is 0. The second-order valence-electron chi connectivity index (χ2n) is 3.75. The summed E-state index contributed by atoms with van der Waals surface area (Å²) in [4.78, 5) is 0. The molecule has 0 amide bonds. The maximum atomic E-state index is 5.55. The molecule has 1 aromatic rings. The van der Waals surface area contributed by atoms with Gasteiger partial charge in [-0.15, -0.1) is 10.2 Å². The molecule has 1 rings (SSSR count).